The fourth-order valence-corrected chi connectivity index (χ4v) is 2.81. The number of nitrogens with zero attached hydrogens (tertiary/aromatic N) is 1. The molecule has 2 heteroatoms. The van der Waals surface area contributed by atoms with Gasteiger partial charge in [-0.2, -0.15) is 0 Å². The van der Waals surface area contributed by atoms with E-state index < -0.39 is 0 Å². The lowest BCUT2D eigenvalue weighted by Gasteiger charge is -2.16. The molecule has 17 heavy (non-hydrogen) atoms. The van der Waals surface area contributed by atoms with E-state index in [4.69, 9.17) is 0 Å². The van der Waals surface area contributed by atoms with E-state index in [9.17, 15) is 0 Å². The minimum absolute atomic E-state index is 0.990. The van der Waals surface area contributed by atoms with Gasteiger partial charge in [-0.15, -0.1) is 0 Å². The lowest BCUT2D eigenvalue weighted by molar-refractivity contribution is 0.380. The molecular weight excluding hydrogens is 208 g/mol. The maximum atomic E-state index is 4.15. The second kappa shape index (κ2) is 5.18. The molecule has 0 aromatic carbocycles. The highest BCUT2D eigenvalue weighted by Crippen LogP contribution is 2.48. The van der Waals surface area contributed by atoms with E-state index >= 15 is 0 Å². The topological polar surface area (TPSA) is 24.9 Å². The zero-order valence-electron chi connectivity index (χ0n) is 10.4. The van der Waals surface area contributed by atoms with E-state index in [1.807, 2.05) is 18.5 Å². The average molecular weight is 230 g/mol. The second-order valence-corrected chi connectivity index (χ2v) is 5.65. The Hall–Kier alpha value is -0.890. The summed E-state index contributed by atoms with van der Waals surface area (Å²) >= 11 is 0. The van der Waals surface area contributed by atoms with Crippen molar-refractivity contribution < 1.29 is 0 Å². The summed E-state index contributed by atoms with van der Waals surface area (Å²) in [5.41, 5.74) is 1.34. The van der Waals surface area contributed by atoms with Gasteiger partial charge in [0.25, 0.3) is 0 Å². The van der Waals surface area contributed by atoms with Crippen molar-refractivity contribution in [3.63, 3.8) is 0 Å². The van der Waals surface area contributed by atoms with Crippen LogP contribution < -0.4 is 5.32 Å². The summed E-state index contributed by atoms with van der Waals surface area (Å²) in [5, 5.41) is 3.65. The molecule has 1 N–H and O–H groups in total. The molecule has 0 saturated heterocycles. The first-order chi connectivity index (χ1) is 8.43. The molecule has 2 aliphatic rings. The Morgan fingerprint density at radius 3 is 2.59 bits per heavy atom. The van der Waals surface area contributed by atoms with E-state index in [1.165, 1.54) is 37.8 Å². The highest BCUT2D eigenvalue weighted by molar-refractivity contribution is 5.08. The Bertz CT molecular complexity index is 329. The minimum atomic E-state index is 0.990. The Balaban J connectivity index is 1.37. The Kier molecular flexibility index (Phi) is 3.41. The number of hydrogen-bond acceptors (Lipinski definition) is 2. The van der Waals surface area contributed by atoms with Crippen molar-refractivity contribution in [2.45, 2.75) is 32.1 Å². The van der Waals surface area contributed by atoms with Crippen molar-refractivity contribution in [2.24, 2.45) is 17.8 Å². The van der Waals surface area contributed by atoms with E-state index in [0.29, 0.717) is 0 Å². The summed E-state index contributed by atoms with van der Waals surface area (Å²) in [4.78, 5) is 4.15. The molecule has 0 aliphatic heterocycles. The molecule has 3 rings (SSSR count). The van der Waals surface area contributed by atoms with Crippen LogP contribution in [0, 0.1) is 17.8 Å². The standard InChI is InChI=1S/C15H22N2/c1-2-12(10-16-8-1)7-9-17-11-15(13-3-4-13)14-5-6-14/h1-2,8,10,13-15,17H,3-7,9,11H2. The third-order valence-corrected chi connectivity index (χ3v) is 4.15. The molecule has 0 amide bonds. The van der Waals surface area contributed by atoms with Gasteiger partial charge in [0.1, 0.15) is 0 Å². The Morgan fingerprint density at radius 1 is 1.24 bits per heavy atom. The molecule has 1 aromatic rings. The molecular formula is C15H22N2. The fourth-order valence-electron chi connectivity index (χ4n) is 2.81. The van der Waals surface area contributed by atoms with Crippen molar-refractivity contribution in [3.8, 4) is 0 Å². The van der Waals surface area contributed by atoms with Crippen LogP contribution in [-0.4, -0.2) is 18.1 Å². The molecule has 0 bridgehead atoms. The Labute approximate surface area is 104 Å². The van der Waals surface area contributed by atoms with E-state index in [2.05, 4.69) is 16.4 Å². The summed E-state index contributed by atoms with van der Waals surface area (Å²) in [6.07, 6.45) is 10.9. The maximum absolute atomic E-state index is 4.15. The normalized spacial score (nSPS) is 19.8. The van der Waals surface area contributed by atoms with Crippen LogP contribution in [0.4, 0.5) is 0 Å². The molecule has 0 spiro atoms. The maximum Gasteiger partial charge on any atom is 0.0300 e. The monoisotopic (exact) mass is 230 g/mol. The summed E-state index contributed by atoms with van der Waals surface area (Å²) in [6, 6.07) is 4.18. The van der Waals surface area contributed by atoms with Crippen LogP contribution in [0.2, 0.25) is 0 Å². The highest BCUT2D eigenvalue weighted by Gasteiger charge is 2.40. The smallest absolute Gasteiger partial charge is 0.0300 e. The van der Waals surface area contributed by atoms with Gasteiger partial charge in [-0.3, -0.25) is 4.98 Å². The van der Waals surface area contributed by atoms with Gasteiger partial charge in [0.05, 0.1) is 0 Å². The average Bonchev–Trinajstić information content (AvgIpc) is 3.24. The second-order valence-electron chi connectivity index (χ2n) is 5.65. The quantitative estimate of drug-likeness (QED) is 0.728. The van der Waals surface area contributed by atoms with E-state index in [-0.39, 0.29) is 0 Å². The molecule has 0 radical (unpaired) electrons. The molecule has 1 heterocycles. The molecule has 0 unspecified atom stereocenters. The summed E-state index contributed by atoms with van der Waals surface area (Å²) in [5.74, 6) is 3.12. The van der Waals surface area contributed by atoms with Gasteiger partial charge in [0.15, 0.2) is 0 Å². The van der Waals surface area contributed by atoms with Gasteiger partial charge < -0.3 is 5.32 Å². The predicted molar refractivity (Wildman–Crippen MR) is 69.7 cm³/mol. The van der Waals surface area contributed by atoms with Crippen molar-refractivity contribution in [3.05, 3.63) is 30.1 Å². The highest BCUT2D eigenvalue weighted by atomic mass is 14.9. The summed E-state index contributed by atoms with van der Waals surface area (Å²) < 4.78 is 0. The molecule has 1 aromatic heterocycles. The lowest BCUT2D eigenvalue weighted by Crippen LogP contribution is -2.27. The molecule has 2 fully saturated rings. The number of pyridine rings is 1. The summed E-state index contributed by atoms with van der Waals surface area (Å²) in [7, 11) is 0. The zero-order valence-corrected chi connectivity index (χ0v) is 10.4. The first kappa shape index (κ1) is 11.2. The SMILES string of the molecule is c1cncc(CCNCC(C2CC2)C2CC2)c1. The van der Waals surface area contributed by atoms with Gasteiger partial charge in [0.2, 0.25) is 0 Å². The van der Waals surface area contributed by atoms with Crippen LogP contribution in [0.5, 0.6) is 0 Å². The van der Waals surface area contributed by atoms with Gasteiger partial charge in [-0.05, 0) is 74.6 Å². The fraction of sp³-hybridized carbons (Fsp3) is 0.667. The number of aromatic nitrogens is 1. The van der Waals surface area contributed by atoms with Gasteiger partial charge in [-0.25, -0.2) is 0 Å². The van der Waals surface area contributed by atoms with Crippen LogP contribution in [0.1, 0.15) is 31.2 Å². The van der Waals surface area contributed by atoms with Crippen LogP contribution in [0.3, 0.4) is 0 Å². The van der Waals surface area contributed by atoms with Gasteiger partial charge >= 0.3 is 0 Å². The van der Waals surface area contributed by atoms with Gasteiger partial charge in [-0.1, -0.05) is 6.07 Å². The molecule has 2 nitrogen and oxygen atoms in total. The van der Waals surface area contributed by atoms with Crippen LogP contribution in [0.15, 0.2) is 24.5 Å². The molecule has 2 saturated carbocycles. The van der Waals surface area contributed by atoms with Crippen LogP contribution in [-0.2, 0) is 6.42 Å². The van der Waals surface area contributed by atoms with Crippen LogP contribution >= 0.6 is 0 Å². The molecule has 0 atom stereocenters. The van der Waals surface area contributed by atoms with Crippen molar-refractivity contribution in [1.82, 2.24) is 10.3 Å². The third-order valence-electron chi connectivity index (χ3n) is 4.15. The van der Waals surface area contributed by atoms with Crippen molar-refractivity contribution in [1.29, 1.82) is 0 Å². The number of rotatable bonds is 7. The van der Waals surface area contributed by atoms with Gasteiger partial charge in [0, 0.05) is 12.4 Å². The van der Waals surface area contributed by atoms with Crippen LogP contribution in [0.25, 0.3) is 0 Å². The largest absolute Gasteiger partial charge is 0.316 e. The van der Waals surface area contributed by atoms with Crippen molar-refractivity contribution >= 4 is 0 Å². The van der Waals surface area contributed by atoms with E-state index in [0.717, 1.165) is 30.7 Å². The minimum Gasteiger partial charge on any atom is -0.316 e. The van der Waals surface area contributed by atoms with E-state index in [1.54, 1.807) is 0 Å². The number of hydrogen-bond donors (Lipinski definition) is 1. The zero-order chi connectivity index (χ0) is 11.5. The predicted octanol–water partition coefficient (Wildman–Crippen LogP) is 2.65. The third kappa shape index (κ3) is 3.29. The molecule has 2 aliphatic carbocycles. The molecule has 92 valence electrons. The van der Waals surface area contributed by atoms with Crippen molar-refractivity contribution in [2.75, 3.05) is 13.1 Å². The first-order valence-electron chi connectivity index (χ1n) is 7.03. The summed E-state index contributed by atoms with van der Waals surface area (Å²) in [6.45, 7) is 2.34. The first-order valence-corrected chi connectivity index (χ1v) is 7.03. The lowest BCUT2D eigenvalue weighted by atomic mass is 9.98. The Morgan fingerprint density at radius 2 is 2.00 bits per heavy atom. The number of nitrogens with one attached hydrogen (secondary N) is 1.